The summed E-state index contributed by atoms with van der Waals surface area (Å²) in [6.07, 6.45) is 6.80. The highest BCUT2D eigenvalue weighted by molar-refractivity contribution is 7.26. The fourth-order valence-corrected chi connectivity index (χ4v) is 4.66. The molecule has 5 rings (SSSR count). The highest BCUT2D eigenvalue weighted by Gasteiger charge is 2.16. The summed E-state index contributed by atoms with van der Waals surface area (Å²) < 4.78 is 2.83. The van der Waals surface area contributed by atoms with E-state index < -0.39 is 0 Å². The number of rotatable bonds is 0. The fraction of sp³-hybridized carbons (Fsp3) is 0.111. The Kier molecular flexibility index (Phi) is 2.00. The number of H-pyrrole nitrogens is 1. The third kappa shape index (κ3) is 1.27. The Hall–Kier alpha value is -2.06. The maximum atomic E-state index is 3.57. The minimum atomic E-state index is 1.15. The molecule has 1 N–H and O–H groups in total. The van der Waals surface area contributed by atoms with Crippen LogP contribution in [0.4, 0.5) is 0 Å². The second-order valence-electron chi connectivity index (χ2n) is 5.42. The molecule has 1 aliphatic rings. The lowest BCUT2D eigenvalue weighted by atomic mass is 10.00. The van der Waals surface area contributed by atoms with Crippen molar-refractivity contribution in [3.8, 4) is 0 Å². The molecule has 0 atom stereocenters. The molecule has 0 saturated heterocycles. The van der Waals surface area contributed by atoms with Crippen LogP contribution in [0, 0.1) is 0 Å². The van der Waals surface area contributed by atoms with Crippen LogP contribution in [-0.4, -0.2) is 4.98 Å². The van der Waals surface area contributed by atoms with E-state index in [1.54, 1.807) is 0 Å². The molecule has 4 aromatic rings. The number of aromatic nitrogens is 1. The van der Waals surface area contributed by atoms with Crippen LogP contribution in [0.15, 0.2) is 42.5 Å². The standard InChI is InChI=1S/C18H13NS/c1-3-7-14-13(6-1)17-15(19-14)10-9-12-11-5-2-4-8-16(11)20-18(12)17/h2-5,7-10,19H,1,6H2. The minimum absolute atomic E-state index is 1.15. The molecule has 0 fully saturated rings. The van der Waals surface area contributed by atoms with E-state index in [9.17, 15) is 0 Å². The Labute approximate surface area is 120 Å². The minimum Gasteiger partial charge on any atom is -0.355 e. The van der Waals surface area contributed by atoms with E-state index in [2.05, 4.69) is 53.5 Å². The zero-order chi connectivity index (χ0) is 13.1. The Balaban J connectivity index is 2.05. The van der Waals surface area contributed by atoms with Gasteiger partial charge < -0.3 is 4.98 Å². The van der Waals surface area contributed by atoms with Gasteiger partial charge in [0.05, 0.1) is 0 Å². The zero-order valence-corrected chi connectivity index (χ0v) is 11.8. The molecule has 2 aromatic carbocycles. The van der Waals surface area contributed by atoms with Gasteiger partial charge in [0.1, 0.15) is 0 Å². The van der Waals surface area contributed by atoms with Crippen LogP contribution >= 0.6 is 11.3 Å². The maximum Gasteiger partial charge on any atom is 0.0476 e. The number of fused-ring (bicyclic) bond motifs is 7. The van der Waals surface area contributed by atoms with Crippen LogP contribution in [0.5, 0.6) is 0 Å². The Morgan fingerprint density at radius 1 is 1.00 bits per heavy atom. The quantitative estimate of drug-likeness (QED) is 0.436. The second kappa shape index (κ2) is 3.74. The van der Waals surface area contributed by atoms with E-state index >= 15 is 0 Å². The van der Waals surface area contributed by atoms with E-state index in [1.165, 1.54) is 42.3 Å². The summed E-state index contributed by atoms with van der Waals surface area (Å²) in [7, 11) is 0. The van der Waals surface area contributed by atoms with Crippen molar-refractivity contribution < 1.29 is 0 Å². The number of benzene rings is 2. The van der Waals surface area contributed by atoms with Crippen molar-refractivity contribution in [2.75, 3.05) is 0 Å². The molecular formula is C18H13NS. The molecule has 2 aromatic heterocycles. The maximum absolute atomic E-state index is 3.57. The number of allylic oxidation sites excluding steroid dienone is 1. The van der Waals surface area contributed by atoms with Crippen molar-refractivity contribution in [1.82, 2.24) is 4.98 Å². The molecule has 0 spiro atoms. The van der Waals surface area contributed by atoms with E-state index in [1.807, 2.05) is 11.3 Å². The molecule has 0 aliphatic heterocycles. The van der Waals surface area contributed by atoms with Gasteiger partial charge in [0.2, 0.25) is 0 Å². The summed E-state index contributed by atoms with van der Waals surface area (Å²) in [5, 5.41) is 4.23. The number of aryl methyl sites for hydroxylation is 1. The van der Waals surface area contributed by atoms with Gasteiger partial charge in [-0.1, -0.05) is 30.3 Å². The largest absolute Gasteiger partial charge is 0.355 e. The smallest absolute Gasteiger partial charge is 0.0476 e. The number of aromatic amines is 1. The van der Waals surface area contributed by atoms with Crippen molar-refractivity contribution in [3.63, 3.8) is 0 Å². The lowest BCUT2D eigenvalue weighted by molar-refractivity contribution is 0.993. The Bertz CT molecular complexity index is 1000. The third-order valence-electron chi connectivity index (χ3n) is 4.29. The first kappa shape index (κ1) is 10.7. The average molecular weight is 275 g/mol. The molecule has 0 radical (unpaired) electrons. The summed E-state index contributed by atoms with van der Waals surface area (Å²) >= 11 is 1.92. The number of hydrogen-bond donors (Lipinski definition) is 1. The molecule has 0 saturated carbocycles. The van der Waals surface area contributed by atoms with Crippen LogP contribution < -0.4 is 0 Å². The number of nitrogens with one attached hydrogen (secondary N) is 1. The summed E-state index contributed by atoms with van der Waals surface area (Å²) in [5.74, 6) is 0. The van der Waals surface area contributed by atoms with Crippen molar-refractivity contribution in [2.45, 2.75) is 12.8 Å². The van der Waals surface area contributed by atoms with Gasteiger partial charge in [-0.15, -0.1) is 11.3 Å². The number of thiophene rings is 1. The molecule has 0 bridgehead atoms. The van der Waals surface area contributed by atoms with Gasteiger partial charge in [-0.3, -0.25) is 0 Å². The molecule has 20 heavy (non-hydrogen) atoms. The highest BCUT2D eigenvalue weighted by Crippen LogP contribution is 2.41. The van der Waals surface area contributed by atoms with Crippen molar-refractivity contribution in [2.24, 2.45) is 0 Å². The first-order chi connectivity index (χ1) is 9.92. The summed E-state index contributed by atoms with van der Waals surface area (Å²) in [6.45, 7) is 0. The predicted molar refractivity (Wildman–Crippen MR) is 88.5 cm³/mol. The molecule has 1 aliphatic carbocycles. The first-order valence-corrected chi connectivity index (χ1v) is 7.85. The molecule has 2 heteroatoms. The molecular weight excluding hydrogens is 262 g/mol. The third-order valence-corrected chi connectivity index (χ3v) is 5.49. The van der Waals surface area contributed by atoms with Crippen LogP contribution in [0.1, 0.15) is 17.7 Å². The van der Waals surface area contributed by atoms with Crippen molar-refractivity contribution >= 4 is 48.5 Å². The molecule has 2 heterocycles. The van der Waals surface area contributed by atoms with Gasteiger partial charge in [0.25, 0.3) is 0 Å². The predicted octanol–water partition coefficient (Wildman–Crippen LogP) is 5.50. The van der Waals surface area contributed by atoms with Crippen molar-refractivity contribution in [1.29, 1.82) is 0 Å². The van der Waals surface area contributed by atoms with Crippen molar-refractivity contribution in [3.05, 3.63) is 53.7 Å². The van der Waals surface area contributed by atoms with Gasteiger partial charge in [-0.2, -0.15) is 0 Å². The van der Waals surface area contributed by atoms with Crippen LogP contribution in [0.25, 0.3) is 37.2 Å². The lowest BCUT2D eigenvalue weighted by Gasteiger charge is -2.04. The van der Waals surface area contributed by atoms with Gasteiger partial charge in [0, 0.05) is 36.8 Å². The molecule has 0 amide bonds. The van der Waals surface area contributed by atoms with Gasteiger partial charge in [-0.25, -0.2) is 0 Å². The summed E-state index contributed by atoms with van der Waals surface area (Å²) in [6, 6.07) is 13.2. The Morgan fingerprint density at radius 3 is 2.95 bits per heavy atom. The normalized spacial score (nSPS) is 14.4. The number of hydrogen-bond acceptors (Lipinski definition) is 1. The van der Waals surface area contributed by atoms with E-state index in [4.69, 9.17) is 0 Å². The SMILES string of the molecule is C1=Cc2[nH]c3ccc4c5ccccc5sc4c3c2CC1. The highest BCUT2D eigenvalue weighted by atomic mass is 32.1. The fourth-order valence-electron chi connectivity index (χ4n) is 3.38. The first-order valence-electron chi connectivity index (χ1n) is 7.03. The second-order valence-corrected chi connectivity index (χ2v) is 6.47. The molecule has 0 unspecified atom stereocenters. The van der Waals surface area contributed by atoms with Crippen LogP contribution in [-0.2, 0) is 6.42 Å². The van der Waals surface area contributed by atoms with E-state index in [0.717, 1.165) is 12.8 Å². The topological polar surface area (TPSA) is 15.8 Å². The Morgan fingerprint density at radius 2 is 1.95 bits per heavy atom. The van der Waals surface area contributed by atoms with E-state index in [0.29, 0.717) is 0 Å². The zero-order valence-electron chi connectivity index (χ0n) is 10.9. The van der Waals surface area contributed by atoms with Gasteiger partial charge in [-0.05, 0) is 36.6 Å². The van der Waals surface area contributed by atoms with Crippen LogP contribution in [0.2, 0.25) is 0 Å². The summed E-state index contributed by atoms with van der Waals surface area (Å²) in [4.78, 5) is 3.57. The summed E-state index contributed by atoms with van der Waals surface area (Å²) in [5.41, 5.74) is 4.08. The van der Waals surface area contributed by atoms with Gasteiger partial charge >= 0.3 is 0 Å². The molecule has 1 nitrogen and oxygen atoms in total. The average Bonchev–Trinajstić information content (AvgIpc) is 3.04. The van der Waals surface area contributed by atoms with Crippen LogP contribution in [0.3, 0.4) is 0 Å². The van der Waals surface area contributed by atoms with E-state index in [-0.39, 0.29) is 0 Å². The lowest BCUT2D eigenvalue weighted by Crippen LogP contribution is -1.90. The molecule has 96 valence electrons. The van der Waals surface area contributed by atoms with Gasteiger partial charge in [0.15, 0.2) is 0 Å². The monoisotopic (exact) mass is 275 g/mol.